The predicted octanol–water partition coefficient (Wildman–Crippen LogP) is 2.33. The van der Waals surface area contributed by atoms with Crippen LogP contribution in [0.25, 0.3) is 0 Å². The van der Waals surface area contributed by atoms with Crippen molar-refractivity contribution in [2.24, 2.45) is 0 Å². The molecule has 4 heteroatoms. The van der Waals surface area contributed by atoms with Crippen molar-refractivity contribution >= 4 is 5.97 Å². The largest absolute Gasteiger partial charge is 0.493 e. The van der Waals surface area contributed by atoms with E-state index in [-0.39, 0.29) is 0 Å². The lowest BCUT2D eigenvalue weighted by Crippen LogP contribution is -2.39. The van der Waals surface area contributed by atoms with E-state index in [0.29, 0.717) is 11.5 Å². The van der Waals surface area contributed by atoms with E-state index in [0.717, 1.165) is 5.56 Å². The van der Waals surface area contributed by atoms with E-state index in [4.69, 9.17) is 9.47 Å². The second kappa shape index (κ2) is 5.08. The van der Waals surface area contributed by atoms with Crippen LogP contribution < -0.4 is 9.47 Å². The third-order valence-corrected chi connectivity index (χ3v) is 2.36. The van der Waals surface area contributed by atoms with Gasteiger partial charge in [0.25, 0.3) is 0 Å². The van der Waals surface area contributed by atoms with Crippen molar-refractivity contribution < 1.29 is 19.0 Å². The standard InChI is InChI=1S/C13H18O4/c1-9-6-7-10(11(8-9)15-4)17-13(2,3)12(14)16-5/h6-8H,1-5H3. The van der Waals surface area contributed by atoms with Crippen LogP contribution in [0.4, 0.5) is 0 Å². The number of carbonyl (C=O) groups excluding carboxylic acids is 1. The van der Waals surface area contributed by atoms with Gasteiger partial charge < -0.3 is 14.2 Å². The average Bonchev–Trinajstić information content (AvgIpc) is 2.30. The zero-order valence-electron chi connectivity index (χ0n) is 10.9. The van der Waals surface area contributed by atoms with Crippen LogP contribution in [-0.2, 0) is 9.53 Å². The van der Waals surface area contributed by atoms with Gasteiger partial charge in [0, 0.05) is 0 Å². The minimum atomic E-state index is -1.04. The van der Waals surface area contributed by atoms with Crippen LogP contribution in [0.1, 0.15) is 19.4 Å². The Kier molecular flexibility index (Phi) is 3.99. The van der Waals surface area contributed by atoms with Gasteiger partial charge in [0.15, 0.2) is 17.1 Å². The highest BCUT2D eigenvalue weighted by Gasteiger charge is 2.32. The van der Waals surface area contributed by atoms with Crippen molar-refractivity contribution in [3.05, 3.63) is 23.8 Å². The molecule has 0 spiro atoms. The summed E-state index contributed by atoms with van der Waals surface area (Å²) in [5, 5.41) is 0. The first-order chi connectivity index (χ1) is 7.90. The Labute approximate surface area is 101 Å². The summed E-state index contributed by atoms with van der Waals surface area (Å²) in [5.74, 6) is 0.690. The quantitative estimate of drug-likeness (QED) is 0.755. The molecule has 0 bridgehead atoms. The Morgan fingerprint density at radius 2 is 1.82 bits per heavy atom. The molecule has 0 atom stereocenters. The molecule has 0 unspecified atom stereocenters. The van der Waals surface area contributed by atoms with Gasteiger partial charge in [-0.2, -0.15) is 0 Å². The monoisotopic (exact) mass is 238 g/mol. The Morgan fingerprint density at radius 1 is 1.18 bits per heavy atom. The molecule has 94 valence electrons. The lowest BCUT2D eigenvalue weighted by atomic mass is 10.1. The molecule has 0 heterocycles. The number of hydrogen-bond acceptors (Lipinski definition) is 4. The molecule has 0 aromatic heterocycles. The van der Waals surface area contributed by atoms with E-state index in [1.807, 2.05) is 19.1 Å². The van der Waals surface area contributed by atoms with E-state index in [9.17, 15) is 4.79 Å². The fourth-order valence-electron chi connectivity index (χ4n) is 1.42. The molecule has 1 rings (SSSR count). The van der Waals surface area contributed by atoms with Crippen LogP contribution in [0, 0.1) is 6.92 Å². The van der Waals surface area contributed by atoms with Gasteiger partial charge in [0.2, 0.25) is 0 Å². The number of rotatable bonds is 4. The van der Waals surface area contributed by atoms with Gasteiger partial charge in [-0.15, -0.1) is 0 Å². The van der Waals surface area contributed by atoms with Crippen LogP contribution in [0.5, 0.6) is 11.5 Å². The van der Waals surface area contributed by atoms with Gasteiger partial charge in [-0.3, -0.25) is 0 Å². The van der Waals surface area contributed by atoms with E-state index in [1.165, 1.54) is 7.11 Å². The van der Waals surface area contributed by atoms with Gasteiger partial charge in [-0.25, -0.2) is 4.79 Å². The Balaban J connectivity index is 2.98. The summed E-state index contributed by atoms with van der Waals surface area (Å²) in [6, 6.07) is 5.52. The number of methoxy groups -OCH3 is 2. The zero-order valence-corrected chi connectivity index (χ0v) is 10.9. The minimum Gasteiger partial charge on any atom is -0.493 e. The summed E-state index contributed by atoms with van der Waals surface area (Å²) in [5.41, 5.74) is 0.0159. The van der Waals surface area contributed by atoms with Crippen LogP contribution >= 0.6 is 0 Å². The fraction of sp³-hybridized carbons (Fsp3) is 0.462. The molecular formula is C13H18O4. The molecule has 0 aliphatic carbocycles. The van der Waals surface area contributed by atoms with Crippen LogP contribution in [0.2, 0.25) is 0 Å². The Bertz CT molecular complexity index is 410. The molecule has 1 aromatic carbocycles. The van der Waals surface area contributed by atoms with Crippen molar-refractivity contribution in [3.8, 4) is 11.5 Å². The van der Waals surface area contributed by atoms with Crippen LogP contribution in [0.3, 0.4) is 0 Å². The lowest BCUT2D eigenvalue weighted by molar-refractivity contribution is -0.156. The van der Waals surface area contributed by atoms with Crippen molar-refractivity contribution in [2.45, 2.75) is 26.4 Å². The van der Waals surface area contributed by atoms with Crippen LogP contribution in [-0.4, -0.2) is 25.8 Å². The summed E-state index contributed by atoms with van der Waals surface area (Å²) in [6.45, 7) is 5.26. The third-order valence-electron chi connectivity index (χ3n) is 2.36. The maximum atomic E-state index is 11.5. The molecule has 0 aliphatic heterocycles. The molecule has 0 saturated heterocycles. The molecular weight excluding hydrogens is 220 g/mol. The molecule has 1 aromatic rings. The van der Waals surface area contributed by atoms with E-state index in [1.54, 1.807) is 27.0 Å². The normalized spacial score (nSPS) is 10.9. The molecule has 0 radical (unpaired) electrons. The average molecular weight is 238 g/mol. The second-order valence-electron chi connectivity index (χ2n) is 4.26. The summed E-state index contributed by atoms with van der Waals surface area (Å²) < 4.78 is 15.5. The summed E-state index contributed by atoms with van der Waals surface area (Å²) in [4.78, 5) is 11.5. The smallest absolute Gasteiger partial charge is 0.349 e. The molecule has 0 amide bonds. The van der Waals surface area contributed by atoms with E-state index < -0.39 is 11.6 Å². The highest BCUT2D eigenvalue weighted by atomic mass is 16.6. The fourth-order valence-corrected chi connectivity index (χ4v) is 1.42. The highest BCUT2D eigenvalue weighted by molar-refractivity contribution is 5.79. The van der Waals surface area contributed by atoms with Crippen molar-refractivity contribution in [1.82, 2.24) is 0 Å². The topological polar surface area (TPSA) is 44.8 Å². The summed E-state index contributed by atoms with van der Waals surface area (Å²) in [7, 11) is 2.90. The maximum absolute atomic E-state index is 11.5. The minimum absolute atomic E-state index is 0.430. The number of esters is 1. The zero-order chi connectivity index (χ0) is 13.1. The second-order valence-corrected chi connectivity index (χ2v) is 4.26. The van der Waals surface area contributed by atoms with Gasteiger partial charge in [-0.05, 0) is 38.5 Å². The van der Waals surface area contributed by atoms with E-state index >= 15 is 0 Å². The molecule has 0 fully saturated rings. The SMILES string of the molecule is COC(=O)C(C)(C)Oc1ccc(C)cc1OC. The van der Waals surface area contributed by atoms with E-state index in [2.05, 4.69) is 4.74 Å². The first-order valence-corrected chi connectivity index (χ1v) is 5.33. The lowest BCUT2D eigenvalue weighted by Gasteiger charge is -2.24. The molecule has 0 N–H and O–H groups in total. The molecule has 0 saturated carbocycles. The van der Waals surface area contributed by atoms with Gasteiger partial charge in [-0.1, -0.05) is 6.07 Å². The van der Waals surface area contributed by atoms with Crippen molar-refractivity contribution in [2.75, 3.05) is 14.2 Å². The summed E-state index contributed by atoms with van der Waals surface area (Å²) in [6.07, 6.45) is 0. The number of aryl methyl sites for hydroxylation is 1. The van der Waals surface area contributed by atoms with Gasteiger partial charge in [0.05, 0.1) is 14.2 Å². The number of hydrogen-bond donors (Lipinski definition) is 0. The van der Waals surface area contributed by atoms with Gasteiger partial charge >= 0.3 is 5.97 Å². The third kappa shape index (κ3) is 3.12. The summed E-state index contributed by atoms with van der Waals surface area (Å²) >= 11 is 0. The predicted molar refractivity (Wildman–Crippen MR) is 64.5 cm³/mol. The Hall–Kier alpha value is -1.71. The maximum Gasteiger partial charge on any atom is 0.349 e. The number of ether oxygens (including phenoxy) is 3. The van der Waals surface area contributed by atoms with Crippen LogP contribution in [0.15, 0.2) is 18.2 Å². The Morgan fingerprint density at radius 3 is 2.35 bits per heavy atom. The molecule has 0 aliphatic rings. The van der Waals surface area contributed by atoms with Gasteiger partial charge in [0.1, 0.15) is 0 Å². The molecule has 4 nitrogen and oxygen atoms in total. The number of benzene rings is 1. The van der Waals surface area contributed by atoms with Crippen molar-refractivity contribution in [1.29, 1.82) is 0 Å². The highest BCUT2D eigenvalue weighted by Crippen LogP contribution is 2.31. The van der Waals surface area contributed by atoms with Crippen molar-refractivity contribution in [3.63, 3.8) is 0 Å². The first-order valence-electron chi connectivity index (χ1n) is 5.33. The number of carbonyl (C=O) groups is 1. The molecule has 17 heavy (non-hydrogen) atoms. The first kappa shape index (κ1) is 13.4.